The first-order valence-electron chi connectivity index (χ1n) is 5.02. The minimum atomic E-state index is -0.617. The molecule has 15 heavy (non-hydrogen) atoms. The summed E-state index contributed by atoms with van der Waals surface area (Å²) in [5, 5.41) is 9.82. The SMILES string of the molecule is C#CCCCC(O)c1cc(F)ccc1C. The zero-order chi connectivity index (χ0) is 11.3. The highest BCUT2D eigenvalue weighted by Gasteiger charge is 2.10. The minimum absolute atomic E-state index is 0.313. The van der Waals surface area contributed by atoms with Crippen molar-refractivity contribution in [3.05, 3.63) is 35.1 Å². The molecule has 1 aromatic rings. The third-order valence-electron chi connectivity index (χ3n) is 2.40. The zero-order valence-corrected chi connectivity index (χ0v) is 8.83. The highest BCUT2D eigenvalue weighted by molar-refractivity contribution is 5.28. The molecular weight excluding hydrogens is 191 g/mol. The van der Waals surface area contributed by atoms with Gasteiger partial charge in [0.25, 0.3) is 0 Å². The molecule has 80 valence electrons. The summed E-state index contributed by atoms with van der Waals surface area (Å²) in [7, 11) is 0. The first-order chi connectivity index (χ1) is 7.15. The molecule has 0 bridgehead atoms. The summed E-state index contributed by atoms with van der Waals surface area (Å²) < 4.78 is 13.0. The molecule has 0 fully saturated rings. The lowest BCUT2D eigenvalue weighted by Crippen LogP contribution is -2.00. The van der Waals surface area contributed by atoms with Gasteiger partial charge in [0.15, 0.2) is 0 Å². The van der Waals surface area contributed by atoms with E-state index in [1.165, 1.54) is 12.1 Å². The Hall–Kier alpha value is -1.33. The minimum Gasteiger partial charge on any atom is -0.388 e. The van der Waals surface area contributed by atoms with Crippen LogP contribution in [0.5, 0.6) is 0 Å². The largest absolute Gasteiger partial charge is 0.388 e. The molecule has 0 aliphatic heterocycles. The van der Waals surface area contributed by atoms with E-state index in [9.17, 15) is 9.50 Å². The maximum Gasteiger partial charge on any atom is 0.123 e. The molecule has 0 aliphatic rings. The molecular formula is C13H15FO. The van der Waals surface area contributed by atoms with Crippen molar-refractivity contribution in [1.29, 1.82) is 0 Å². The molecule has 0 saturated heterocycles. The van der Waals surface area contributed by atoms with E-state index in [2.05, 4.69) is 5.92 Å². The summed E-state index contributed by atoms with van der Waals surface area (Å²) in [6.45, 7) is 1.86. The first-order valence-corrected chi connectivity index (χ1v) is 5.02. The van der Waals surface area contributed by atoms with Crippen molar-refractivity contribution in [2.45, 2.75) is 32.3 Å². The molecule has 1 aromatic carbocycles. The van der Waals surface area contributed by atoms with Gasteiger partial charge in [0.2, 0.25) is 0 Å². The molecule has 0 amide bonds. The summed E-state index contributed by atoms with van der Waals surface area (Å²) in [5.41, 5.74) is 1.57. The smallest absolute Gasteiger partial charge is 0.123 e. The molecule has 1 unspecified atom stereocenters. The Morgan fingerprint density at radius 2 is 2.27 bits per heavy atom. The van der Waals surface area contributed by atoms with Crippen LogP contribution in [0.3, 0.4) is 0 Å². The molecule has 0 radical (unpaired) electrons. The quantitative estimate of drug-likeness (QED) is 0.593. The Bertz CT molecular complexity index is 365. The predicted octanol–water partition coefficient (Wildman–Crippen LogP) is 2.97. The van der Waals surface area contributed by atoms with Crippen LogP contribution in [0.15, 0.2) is 18.2 Å². The van der Waals surface area contributed by atoms with E-state index in [1.54, 1.807) is 6.07 Å². The van der Waals surface area contributed by atoms with E-state index >= 15 is 0 Å². The van der Waals surface area contributed by atoms with Gasteiger partial charge in [0.1, 0.15) is 5.82 Å². The molecule has 1 N–H and O–H groups in total. The van der Waals surface area contributed by atoms with E-state index < -0.39 is 6.10 Å². The average molecular weight is 206 g/mol. The number of hydrogen-bond acceptors (Lipinski definition) is 1. The number of terminal acetylenes is 1. The van der Waals surface area contributed by atoms with Crippen molar-refractivity contribution in [3.8, 4) is 12.3 Å². The number of rotatable bonds is 4. The molecule has 0 aromatic heterocycles. The van der Waals surface area contributed by atoms with E-state index in [1.807, 2.05) is 6.92 Å². The molecule has 0 aliphatic carbocycles. The lowest BCUT2D eigenvalue weighted by atomic mass is 9.99. The van der Waals surface area contributed by atoms with Gasteiger partial charge < -0.3 is 5.11 Å². The van der Waals surface area contributed by atoms with Gasteiger partial charge >= 0.3 is 0 Å². The van der Waals surface area contributed by atoms with Gasteiger partial charge in [0, 0.05) is 6.42 Å². The van der Waals surface area contributed by atoms with Crippen LogP contribution in [0.2, 0.25) is 0 Å². The number of benzene rings is 1. The van der Waals surface area contributed by atoms with Crippen molar-refractivity contribution < 1.29 is 9.50 Å². The maximum atomic E-state index is 13.0. The van der Waals surface area contributed by atoms with Gasteiger partial charge in [0.05, 0.1) is 6.10 Å². The number of hydrogen-bond donors (Lipinski definition) is 1. The zero-order valence-electron chi connectivity index (χ0n) is 8.83. The fourth-order valence-corrected chi connectivity index (χ4v) is 1.52. The fourth-order valence-electron chi connectivity index (χ4n) is 1.52. The van der Waals surface area contributed by atoms with E-state index in [0.29, 0.717) is 18.4 Å². The van der Waals surface area contributed by atoms with Crippen LogP contribution < -0.4 is 0 Å². The highest BCUT2D eigenvalue weighted by Crippen LogP contribution is 2.23. The summed E-state index contributed by atoms with van der Waals surface area (Å²) in [5.74, 6) is 2.20. The standard InChI is InChI=1S/C13H15FO/c1-3-4-5-6-13(15)12-9-11(14)8-7-10(12)2/h1,7-9,13,15H,4-6H2,2H3. The van der Waals surface area contributed by atoms with Crippen LogP contribution in [-0.4, -0.2) is 5.11 Å². The van der Waals surface area contributed by atoms with Crippen LogP contribution in [-0.2, 0) is 0 Å². The second-order valence-electron chi connectivity index (χ2n) is 3.61. The summed E-state index contributed by atoms with van der Waals surface area (Å²) in [4.78, 5) is 0. The van der Waals surface area contributed by atoms with Crippen molar-refractivity contribution in [1.82, 2.24) is 0 Å². The third-order valence-corrected chi connectivity index (χ3v) is 2.40. The van der Waals surface area contributed by atoms with E-state index in [0.717, 1.165) is 12.0 Å². The van der Waals surface area contributed by atoms with E-state index in [-0.39, 0.29) is 5.82 Å². The lowest BCUT2D eigenvalue weighted by Gasteiger charge is -2.12. The number of aliphatic hydroxyl groups excluding tert-OH is 1. The molecule has 1 rings (SSSR count). The Morgan fingerprint density at radius 3 is 2.93 bits per heavy atom. The first kappa shape index (κ1) is 11.7. The molecule has 1 atom stereocenters. The fraction of sp³-hybridized carbons (Fsp3) is 0.385. The van der Waals surface area contributed by atoms with Crippen molar-refractivity contribution in [2.75, 3.05) is 0 Å². The normalized spacial score (nSPS) is 12.1. The van der Waals surface area contributed by atoms with E-state index in [4.69, 9.17) is 6.42 Å². The number of unbranched alkanes of at least 4 members (excludes halogenated alkanes) is 1. The van der Waals surface area contributed by atoms with Gasteiger partial charge in [-0.15, -0.1) is 12.3 Å². The second-order valence-corrected chi connectivity index (χ2v) is 3.61. The Balaban J connectivity index is 2.69. The molecule has 1 nitrogen and oxygen atoms in total. The van der Waals surface area contributed by atoms with Crippen molar-refractivity contribution >= 4 is 0 Å². The van der Waals surface area contributed by atoms with Gasteiger partial charge in [-0.2, -0.15) is 0 Å². The Morgan fingerprint density at radius 1 is 1.53 bits per heavy atom. The number of aliphatic hydroxyl groups is 1. The Kier molecular flexibility index (Phi) is 4.33. The average Bonchev–Trinajstić information content (AvgIpc) is 2.22. The monoisotopic (exact) mass is 206 g/mol. The summed E-state index contributed by atoms with van der Waals surface area (Å²) in [6.07, 6.45) is 6.48. The van der Waals surface area contributed by atoms with Crippen LogP contribution in [0.25, 0.3) is 0 Å². The second kappa shape index (κ2) is 5.53. The lowest BCUT2D eigenvalue weighted by molar-refractivity contribution is 0.164. The van der Waals surface area contributed by atoms with Crippen LogP contribution in [0.1, 0.15) is 36.5 Å². The highest BCUT2D eigenvalue weighted by atomic mass is 19.1. The number of aryl methyl sites for hydroxylation is 1. The summed E-state index contributed by atoms with van der Waals surface area (Å²) >= 11 is 0. The Labute approximate surface area is 89.9 Å². The van der Waals surface area contributed by atoms with Crippen LogP contribution in [0.4, 0.5) is 4.39 Å². The maximum absolute atomic E-state index is 13.0. The topological polar surface area (TPSA) is 20.2 Å². The molecule has 0 heterocycles. The van der Waals surface area contributed by atoms with Crippen LogP contribution >= 0.6 is 0 Å². The van der Waals surface area contributed by atoms with Gasteiger partial charge in [-0.25, -0.2) is 4.39 Å². The van der Waals surface area contributed by atoms with Gasteiger partial charge in [-0.1, -0.05) is 6.07 Å². The van der Waals surface area contributed by atoms with Crippen molar-refractivity contribution in [2.24, 2.45) is 0 Å². The predicted molar refractivity (Wildman–Crippen MR) is 58.8 cm³/mol. The third kappa shape index (κ3) is 3.38. The van der Waals surface area contributed by atoms with Gasteiger partial charge in [-0.3, -0.25) is 0 Å². The van der Waals surface area contributed by atoms with Crippen molar-refractivity contribution in [3.63, 3.8) is 0 Å². The molecule has 0 spiro atoms. The number of halogens is 1. The summed E-state index contributed by atoms with van der Waals surface area (Å²) in [6, 6.07) is 4.46. The van der Waals surface area contributed by atoms with Crippen LogP contribution in [0, 0.1) is 25.1 Å². The van der Waals surface area contributed by atoms with Gasteiger partial charge in [-0.05, 0) is 43.0 Å². The molecule has 2 heteroatoms. The molecule has 0 saturated carbocycles.